The number of hydrogen-bond acceptors (Lipinski definition) is 8. The van der Waals surface area contributed by atoms with Crippen LogP contribution in [0.15, 0.2) is 76.4 Å². The molecule has 0 saturated carbocycles. The van der Waals surface area contributed by atoms with E-state index in [0.717, 1.165) is 27.5 Å². The second-order valence-corrected chi connectivity index (χ2v) is 11.6. The Hall–Kier alpha value is -3.19. The fraction of sp³-hybridized carbons (Fsp3) is 0.269. The van der Waals surface area contributed by atoms with Crippen LogP contribution >= 0.6 is 23.1 Å². The van der Waals surface area contributed by atoms with Crippen molar-refractivity contribution in [3.63, 3.8) is 0 Å². The first-order valence-electron chi connectivity index (χ1n) is 11.7. The van der Waals surface area contributed by atoms with E-state index in [4.69, 9.17) is 14.3 Å². The zero-order chi connectivity index (χ0) is 27.1. The second-order valence-electron chi connectivity index (χ2n) is 8.66. The molecule has 0 spiro atoms. The van der Waals surface area contributed by atoms with Crippen LogP contribution in [0.2, 0.25) is 0 Å². The molecule has 0 fully saturated rings. The first-order valence-corrected chi connectivity index (χ1v) is 15.1. The topological polar surface area (TPSA) is 134 Å². The van der Waals surface area contributed by atoms with Gasteiger partial charge in [0.1, 0.15) is 5.92 Å². The first kappa shape index (κ1) is 27.8. The molecule has 12 heteroatoms. The molecule has 4 rings (SSSR count). The van der Waals surface area contributed by atoms with Crippen LogP contribution in [0.3, 0.4) is 0 Å². The van der Waals surface area contributed by atoms with Gasteiger partial charge < -0.3 is 10.1 Å². The molecule has 9 nitrogen and oxygen atoms in total. The third-order valence-corrected chi connectivity index (χ3v) is 8.30. The number of nitrogens with zero attached hydrogens (tertiary/aromatic N) is 1. The molecular formula is C26H27N3O6S3. The summed E-state index contributed by atoms with van der Waals surface area (Å²) in [6, 6.07) is 17.2. The summed E-state index contributed by atoms with van der Waals surface area (Å²) in [6.45, 7) is 0. The molecule has 1 aliphatic heterocycles. The van der Waals surface area contributed by atoms with Crippen LogP contribution in [0.25, 0.3) is 0 Å². The van der Waals surface area contributed by atoms with Gasteiger partial charge in [-0.1, -0.05) is 42.5 Å². The van der Waals surface area contributed by atoms with Crippen LogP contribution in [0.1, 0.15) is 22.7 Å². The highest BCUT2D eigenvalue weighted by atomic mass is 32.2. The van der Waals surface area contributed by atoms with Crippen LogP contribution in [0, 0.1) is 5.92 Å². The van der Waals surface area contributed by atoms with Crippen molar-refractivity contribution in [2.75, 3.05) is 17.6 Å². The lowest BCUT2D eigenvalue weighted by atomic mass is 9.97. The zero-order valence-corrected chi connectivity index (χ0v) is 22.9. The molecule has 0 saturated heterocycles. The Labute approximate surface area is 229 Å². The number of methoxy groups -OCH3 is 1. The number of amides is 1. The monoisotopic (exact) mass is 573 g/mol. The number of rotatable bonds is 11. The standard InChI is InChI=1S/C26H27N3O6S3/c1-35-26(31)21(13-17-5-3-2-4-6-17)24(30)27-22(25-28-23(16-37-25)19-11-12-36-15-19)14-18-7-9-20(10-8-18)29-38(32,33)34/h2-12,15,21-23,29H,13-14,16H2,1H3,(H,27,30)(H,32,33,34)/t21-,22-,23?/m0/s1. The Bertz CT molecular complexity index is 1380. The van der Waals surface area contributed by atoms with E-state index in [1.807, 2.05) is 46.5 Å². The van der Waals surface area contributed by atoms with Crippen molar-refractivity contribution in [3.8, 4) is 0 Å². The molecule has 0 radical (unpaired) electrons. The summed E-state index contributed by atoms with van der Waals surface area (Å²) in [5.41, 5.74) is 2.95. The number of ether oxygens (including phenoxy) is 1. The molecule has 38 heavy (non-hydrogen) atoms. The van der Waals surface area contributed by atoms with Gasteiger partial charge in [0.25, 0.3) is 0 Å². The summed E-state index contributed by atoms with van der Waals surface area (Å²) < 4.78 is 38.2. The van der Waals surface area contributed by atoms with Crippen molar-refractivity contribution in [3.05, 3.63) is 88.1 Å². The lowest BCUT2D eigenvalue weighted by Gasteiger charge is -2.22. The van der Waals surface area contributed by atoms with Crippen molar-refractivity contribution in [1.29, 1.82) is 0 Å². The van der Waals surface area contributed by atoms with Gasteiger partial charge in [-0.2, -0.15) is 19.8 Å². The van der Waals surface area contributed by atoms with Crippen LogP contribution < -0.4 is 10.0 Å². The van der Waals surface area contributed by atoms with Crippen LogP contribution in [0.4, 0.5) is 5.69 Å². The Balaban J connectivity index is 1.57. The van der Waals surface area contributed by atoms with Gasteiger partial charge in [-0.05, 0) is 58.5 Å². The van der Waals surface area contributed by atoms with Crippen LogP contribution in [-0.2, 0) is 37.5 Å². The van der Waals surface area contributed by atoms with Gasteiger partial charge in [-0.25, -0.2) is 0 Å². The highest BCUT2D eigenvalue weighted by molar-refractivity contribution is 8.14. The fourth-order valence-electron chi connectivity index (χ4n) is 4.06. The number of thioether (sulfide) groups is 1. The van der Waals surface area contributed by atoms with E-state index >= 15 is 0 Å². The van der Waals surface area contributed by atoms with E-state index in [0.29, 0.717) is 6.42 Å². The van der Waals surface area contributed by atoms with Crippen LogP contribution in [0.5, 0.6) is 0 Å². The average molecular weight is 574 g/mol. The largest absolute Gasteiger partial charge is 0.468 e. The molecule has 2 heterocycles. The molecule has 0 bridgehead atoms. The molecule has 1 amide bonds. The van der Waals surface area contributed by atoms with Crippen molar-refractivity contribution in [1.82, 2.24) is 5.32 Å². The van der Waals surface area contributed by atoms with E-state index in [2.05, 4.69) is 10.7 Å². The Morgan fingerprint density at radius 1 is 1.08 bits per heavy atom. The predicted octanol–water partition coefficient (Wildman–Crippen LogP) is 3.91. The Morgan fingerprint density at radius 2 is 1.79 bits per heavy atom. The van der Waals surface area contributed by atoms with E-state index in [1.165, 1.54) is 19.2 Å². The number of thiophene rings is 1. The van der Waals surface area contributed by atoms with E-state index < -0.39 is 34.1 Å². The smallest absolute Gasteiger partial charge is 0.357 e. The minimum absolute atomic E-state index is 0.0253. The number of aliphatic imine (C=N–C) groups is 1. The molecule has 1 aromatic heterocycles. The highest BCUT2D eigenvalue weighted by Crippen LogP contribution is 2.33. The highest BCUT2D eigenvalue weighted by Gasteiger charge is 2.33. The SMILES string of the molecule is COC(=O)[C@@H](Cc1ccccc1)C(=O)N[C@@H](Cc1ccc(NS(=O)(=O)O)cc1)C1=NC(c2ccsc2)CS1. The maximum absolute atomic E-state index is 13.4. The third-order valence-electron chi connectivity index (χ3n) is 5.94. The van der Waals surface area contributed by atoms with Gasteiger partial charge >= 0.3 is 16.3 Å². The summed E-state index contributed by atoms with van der Waals surface area (Å²) >= 11 is 3.16. The number of carbonyl (C=O) groups is 2. The fourth-order valence-corrected chi connectivity index (χ4v) is 6.34. The molecule has 2 aromatic carbocycles. The molecule has 0 aliphatic carbocycles. The van der Waals surface area contributed by atoms with Crippen molar-refractivity contribution < 1.29 is 27.3 Å². The Morgan fingerprint density at radius 3 is 2.42 bits per heavy atom. The lowest BCUT2D eigenvalue weighted by molar-refractivity contribution is -0.150. The lowest BCUT2D eigenvalue weighted by Crippen LogP contribution is -2.46. The molecule has 1 aliphatic rings. The van der Waals surface area contributed by atoms with E-state index in [-0.39, 0.29) is 18.2 Å². The van der Waals surface area contributed by atoms with Gasteiger partial charge in [0.2, 0.25) is 5.91 Å². The molecule has 3 N–H and O–H groups in total. The number of benzene rings is 2. The third kappa shape index (κ3) is 7.67. The van der Waals surface area contributed by atoms with Crippen molar-refractivity contribution >= 4 is 56.0 Å². The summed E-state index contributed by atoms with van der Waals surface area (Å²) in [6.07, 6.45) is 0.554. The summed E-state index contributed by atoms with van der Waals surface area (Å²) in [7, 11) is -3.13. The van der Waals surface area contributed by atoms with E-state index in [9.17, 15) is 18.0 Å². The number of esters is 1. The second kappa shape index (κ2) is 12.6. The summed E-state index contributed by atoms with van der Waals surface area (Å²) in [5.74, 6) is -1.38. The van der Waals surface area contributed by atoms with Gasteiger partial charge in [0, 0.05) is 5.75 Å². The molecular weight excluding hydrogens is 547 g/mol. The quantitative estimate of drug-likeness (QED) is 0.180. The maximum atomic E-state index is 13.4. The first-order chi connectivity index (χ1) is 18.2. The van der Waals surface area contributed by atoms with Gasteiger partial charge in [-0.15, -0.1) is 11.8 Å². The van der Waals surface area contributed by atoms with E-state index in [1.54, 1.807) is 35.2 Å². The minimum Gasteiger partial charge on any atom is -0.468 e. The molecule has 3 aromatic rings. The summed E-state index contributed by atoms with van der Waals surface area (Å²) in [5, 5.41) is 7.82. The van der Waals surface area contributed by atoms with Gasteiger partial charge in [0.05, 0.1) is 29.9 Å². The molecule has 3 atom stereocenters. The predicted molar refractivity (Wildman–Crippen MR) is 150 cm³/mol. The number of anilines is 1. The van der Waals surface area contributed by atoms with Crippen molar-refractivity contribution in [2.24, 2.45) is 10.9 Å². The summed E-state index contributed by atoms with van der Waals surface area (Å²) in [4.78, 5) is 30.9. The average Bonchev–Trinajstić information content (AvgIpc) is 3.60. The zero-order valence-electron chi connectivity index (χ0n) is 20.4. The minimum atomic E-state index is -4.39. The van der Waals surface area contributed by atoms with Gasteiger partial charge in [-0.3, -0.25) is 23.9 Å². The van der Waals surface area contributed by atoms with Gasteiger partial charge in [0.15, 0.2) is 0 Å². The van der Waals surface area contributed by atoms with Crippen molar-refractivity contribution in [2.45, 2.75) is 24.9 Å². The molecule has 200 valence electrons. The number of carbonyl (C=O) groups excluding carboxylic acids is 2. The maximum Gasteiger partial charge on any atom is 0.357 e. The van der Waals surface area contributed by atoms with Crippen LogP contribution in [-0.4, -0.2) is 48.8 Å². The number of nitrogens with one attached hydrogen (secondary N) is 2. The normalized spacial score (nSPS) is 16.8. The molecule has 1 unspecified atom stereocenters. The number of hydrogen-bond donors (Lipinski definition) is 3. The Kier molecular flexibility index (Phi) is 9.21.